The van der Waals surface area contributed by atoms with Crippen LogP contribution in [-0.2, 0) is 9.47 Å². The van der Waals surface area contributed by atoms with Gasteiger partial charge in [0.15, 0.2) is 0 Å². The molecule has 3 fully saturated rings. The maximum absolute atomic E-state index is 12.8. The van der Waals surface area contributed by atoms with E-state index in [4.69, 9.17) is 9.47 Å². The fraction of sp³-hybridized carbons (Fsp3) is 0.610. The first kappa shape index (κ1) is 33.0. The summed E-state index contributed by atoms with van der Waals surface area (Å²) in [6.07, 6.45) is 12.0. The van der Waals surface area contributed by atoms with E-state index in [2.05, 4.69) is 26.8 Å². The quantitative estimate of drug-likeness (QED) is 0.222. The monoisotopic (exact) mass is 626 g/mol. The molecule has 5 heteroatoms. The van der Waals surface area contributed by atoms with Gasteiger partial charge in [0.1, 0.15) is 11.7 Å². The average molecular weight is 627 g/mol. The molecule has 0 heterocycles. The molecule has 0 radical (unpaired) electrons. The molecular formula is C41H54O5. The van der Waals surface area contributed by atoms with Crippen LogP contribution < -0.4 is 0 Å². The van der Waals surface area contributed by atoms with E-state index >= 15 is 0 Å². The Kier molecular flexibility index (Phi) is 9.28. The van der Waals surface area contributed by atoms with Crippen molar-refractivity contribution in [2.75, 3.05) is 0 Å². The SMILES string of the molecule is C[C@H](CCCC(C)(C)OC(=O)c1ccccc1)C1CC[C@H]2C3C(CCC12C)C1(C)CCC(OC(=O)c2ccccc2)CC1=C[C@H]3O. The normalized spacial score (nSPS) is 34.3. The van der Waals surface area contributed by atoms with E-state index in [9.17, 15) is 14.7 Å². The molecule has 3 saturated carbocycles. The lowest BCUT2D eigenvalue weighted by atomic mass is 9.46. The number of carbonyl (C=O) groups excluding carboxylic acids is 2. The van der Waals surface area contributed by atoms with Crippen LogP contribution in [0.5, 0.6) is 0 Å². The van der Waals surface area contributed by atoms with E-state index in [1.165, 1.54) is 24.8 Å². The van der Waals surface area contributed by atoms with Gasteiger partial charge in [-0.2, -0.15) is 0 Å². The summed E-state index contributed by atoms with van der Waals surface area (Å²) in [6.45, 7) is 11.5. The molecule has 5 nitrogen and oxygen atoms in total. The Hall–Kier alpha value is -2.92. The minimum absolute atomic E-state index is 0.0628. The van der Waals surface area contributed by atoms with E-state index < -0.39 is 11.7 Å². The Balaban J connectivity index is 1.07. The summed E-state index contributed by atoms with van der Waals surface area (Å²) in [5.41, 5.74) is 2.30. The molecule has 9 atom stereocenters. The molecule has 0 saturated heterocycles. The van der Waals surface area contributed by atoms with Crippen LogP contribution in [0.25, 0.3) is 0 Å². The van der Waals surface area contributed by atoms with Crippen molar-refractivity contribution >= 4 is 11.9 Å². The first-order chi connectivity index (χ1) is 21.9. The van der Waals surface area contributed by atoms with Gasteiger partial charge in [-0.1, -0.05) is 75.2 Å². The van der Waals surface area contributed by atoms with Gasteiger partial charge in [-0.15, -0.1) is 0 Å². The van der Waals surface area contributed by atoms with Crippen LogP contribution in [0.15, 0.2) is 72.3 Å². The molecule has 2 aromatic rings. The molecule has 2 aromatic carbocycles. The lowest BCUT2D eigenvalue weighted by molar-refractivity contribution is -0.0979. The Bertz CT molecular complexity index is 1410. The van der Waals surface area contributed by atoms with Crippen molar-refractivity contribution in [3.05, 3.63) is 83.4 Å². The van der Waals surface area contributed by atoms with Gasteiger partial charge in [-0.3, -0.25) is 0 Å². The smallest absolute Gasteiger partial charge is 0.338 e. The zero-order valence-corrected chi connectivity index (χ0v) is 28.5. The standard InChI is InChI=1S/C41H54O5/c1-27(13-12-22-39(2,3)46-38(44)29-16-10-7-11-17-29)32-18-19-33-36-34(21-24-41(32,33)5)40(4)23-20-31(25-30(40)26-35(36)42)45-37(43)28-14-8-6-9-15-28/h6-11,14-17,26-27,31-36,42H,12-13,18-25H2,1-5H3/t27-,31?,32?,33+,34?,35-,36?,40?,41?/m1/s1. The molecule has 248 valence electrons. The van der Waals surface area contributed by atoms with Crippen LogP contribution in [0.1, 0.15) is 120 Å². The van der Waals surface area contributed by atoms with Gasteiger partial charge in [-0.05, 0) is 130 Å². The zero-order chi connectivity index (χ0) is 32.7. The molecule has 0 amide bonds. The molecule has 6 unspecified atom stereocenters. The second kappa shape index (κ2) is 12.9. The number of aliphatic hydroxyl groups is 1. The number of fused-ring (bicyclic) bond motifs is 5. The fourth-order valence-electron chi connectivity index (χ4n) is 10.5. The molecule has 4 aliphatic rings. The first-order valence-corrected chi connectivity index (χ1v) is 17.8. The number of rotatable bonds is 9. The predicted octanol–water partition coefficient (Wildman–Crippen LogP) is 9.20. The highest BCUT2D eigenvalue weighted by molar-refractivity contribution is 5.90. The molecule has 0 aromatic heterocycles. The second-order valence-electron chi connectivity index (χ2n) is 16.1. The van der Waals surface area contributed by atoms with E-state index in [1.807, 2.05) is 62.4 Å². The van der Waals surface area contributed by atoms with Crippen molar-refractivity contribution < 1.29 is 24.2 Å². The molecule has 1 N–H and O–H groups in total. The fourth-order valence-corrected chi connectivity index (χ4v) is 10.5. The van der Waals surface area contributed by atoms with Gasteiger partial charge in [-0.25, -0.2) is 9.59 Å². The Morgan fingerprint density at radius 1 is 0.891 bits per heavy atom. The second-order valence-corrected chi connectivity index (χ2v) is 16.1. The van der Waals surface area contributed by atoms with Crippen molar-refractivity contribution in [1.29, 1.82) is 0 Å². The maximum Gasteiger partial charge on any atom is 0.338 e. The topological polar surface area (TPSA) is 72.8 Å². The third-order valence-corrected chi connectivity index (χ3v) is 12.9. The van der Waals surface area contributed by atoms with Gasteiger partial charge < -0.3 is 14.6 Å². The van der Waals surface area contributed by atoms with Crippen LogP contribution >= 0.6 is 0 Å². The summed E-state index contributed by atoms with van der Waals surface area (Å²) < 4.78 is 11.9. The number of hydrogen-bond donors (Lipinski definition) is 1. The Morgan fingerprint density at radius 3 is 2.22 bits per heavy atom. The summed E-state index contributed by atoms with van der Waals surface area (Å²) in [4.78, 5) is 25.5. The number of esters is 2. The Morgan fingerprint density at radius 2 is 1.54 bits per heavy atom. The van der Waals surface area contributed by atoms with Crippen LogP contribution in [0, 0.1) is 40.4 Å². The van der Waals surface area contributed by atoms with Crippen LogP contribution in [0.2, 0.25) is 0 Å². The van der Waals surface area contributed by atoms with E-state index in [0.29, 0.717) is 40.7 Å². The number of carbonyl (C=O) groups is 2. The van der Waals surface area contributed by atoms with Crippen LogP contribution in [-0.4, -0.2) is 34.9 Å². The summed E-state index contributed by atoms with van der Waals surface area (Å²) in [5, 5.41) is 11.7. The summed E-state index contributed by atoms with van der Waals surface area (Å²) in [5.74, 6) is 2.03. The molecule has 6 rings (SSSR count). The van der Waals surface area contributed by atoms with Crippen molar-refractivity contribution in [3.8, 4) is 0 Å². The van der Waals surface area contributed by atoms with Crippen LogP contribution in [0.3, 0.4) is 0 Å². The number of hydrogen-bond acceptors (Lipinski definition) is 5. The van der Waals surface area contributed by atoms with Crippen LogP contribution in [0.4, 0.5) is 0 Å². The third kappa shape index (κ3) is 6.33. The van der Waals surface area contributed by atoms with Crippen molar-refractivity contribution in [3.63, 3.8) is 0 Å². The maximum atomic E-state index is 12.8. The third-order valence-electron chi connectivity index (χ3n) is 12.9. The minimum Gasteiger partial charge on any atom is -0.458 e. The van der Waals surface area contributed by atoms with Gasteiger partial charge >= 0.3 is 11.9 Å². The molecule has 4 aliphatic carbocycles. The first-order valence-electron chi connectivity index (χ1n) is 17.8. The molecule has 46 heavy (non-hydrogen) atoms. The molecule has 0 bridgehead atoms. The number of ether oxygens (including phenoxy) is 2. The summed E-state index contributed by atoms with van der Waals surface area (Å²) in [7, 11) is 0. The predicted molar refractivity (Wildman–Crippen MR) is 181 cm³/mol. The molecular weight excluding hydrogens is 572 g/mol. The van der Waals surface area contributed by atoms with Gasteiger partial charge in [0.2, 0.25) is 0 Å². The average Bonchev–Trinajstić information content (AvgIpc) is 3.39. The lowest BCUT2D eigenvalue weighted by Gasteiger charge is -2.59. The van der Waals surface area contributed by atoms with E-state index in [-0.39, 0.29) is 28.9 Å². The summed E-state index contributed by atoms with van der Waals surface area (Å²) >= 11 is 0. The number of aliphatic hydroxyl groups excluding tert-OH is 1. The van der Waals surface area contributed by atoms with Crippen molar-refractivity contribution in [1.82, 2.24) is 0 Å². The van der Waals surface area contributed by atoms with Gasteiger partial charge in [0.25, 0.3) is 0 Å². The highest BCUT2D eigenvalue weighted by Gasteiger charge is 2.61. The van der Waals surface area contributed by atoms with E-state index in [0.717, 1.165) is 44.9 Å². The van der Waals surface area contributed by atoms with Crippen molar-refractivity contribution in [2.45, 2.75) is 117 Å². The summed E-state index contributed by atoms with van der Waals surface area (Å²) in [6, 6.07) is 18.5. The molecule has 0 spiro atoms. The van der Waals surface area contributed by atoms with Gasteiger partial charge in [0.05, 0.1) is 17.2 Å². The lowest BCUT2D eigenvalue weighted by Crippen LogP contribution is -2.55. The largest absolute Gasteiger partial charge is 0.458 e. The minimum atomic E-state index is -0.503. The van der Waals surface area contributed by atoms with E-state index in [1.54, 1.807) is 12.1 Å². The number of benzene rings is 2. The molecule has 0 aliphatic heterocycles. The highest BCUT2D eigenvalue weighted by atomic mass is 16.6. The zero-order valence-electron chi connectivity index (χ0n) is 28.5. The van der Waals surface area contributed by atoms with Crippen molar-refractivity contribution in [2.24, 2.45) is 40.4 Å². The van der Waals surface area contributed by atoms with Gasteiger partial charge in [0, 0.05) is 6.42 Å². The highest BCUT2D eigenvalue weighted by Crippen LogP contribution is 2.67. The Labute approximate surface area is 276 Å².